The van der Waals surface area contributed by atoms with Crippen LogP contribution in [0.4, 0.5) is 5.82 Å². The molecule has 2 aromatic rings. The molecule has 4 heteroatoms. The first kappa shape index (κ1) is 11.6. The summed E-state index contributed by atoms with van der Waals surface area (Å²) in [6, 6.07) is 5.90. The molecule has 0 spiro atoms. The quantitative estimate of drug-likeness (QED) is 0.879. The average Bonchev–Trinajstić information content (AvgIpc) is 2.72. The Balaban J connectivity index is 2.05. The molecule has 0 unspecified atom stereocenters. The normalized spacial score (nSPS) is 10.5. The molecule has 0 radical (unpaired) electrons. The highest BCUT2D eigenvalue weighted by Crippen LogP contribution is 2.11. The van der Waals surface area contributed by atoms with Gasteiger partial charge < -0.3 is 9.73 Å². The molecule has 0 aliphatic carbocycles. The van der Waals surface area contributed by atoms with Crippen LogP contribution in [0.1, 0.15) is 30.0 Å². The zero-order valence-corrected chi connectivity index (χ0v) is 10.4. The van der Waals surface area contributed by atoms with Gasteiger partial charge in [-0.1, -0.05) is 6.92 Å². The summed E-state index contributed by atoms with van der Waals surface area (Å²) >= 11 is 0. The Labute approximate surface area is 101 Å². The molecule has 1 N–H and O–H groups in total. The van der Waals surface area contributed by atoms with Crippen LogP contribution in [-0.2, 0) is 13.0 Å². The van der Waals surface area contributed by atoms with E-state index in [1.807, 2.05) is 32.0 Å². The molecule has 17 heavy (non-hydrogen) atoms. The van der Waals surface area contributed by atoms with Crippen LogP contribution in [0, 0.1) is 13.8 Å². The first-order valence-corrected chi connectivity index (χ1v) is 5.81. The largest absolute Gasteiger partial charge is 0.465 e. The lowest BCUT2D eigenvalue weighted by Crippen LogP contribution is -2.04. The van der Waals surface area contributed by atoms with Crippen LogP contribution < -0.4 is 5.32 Å². The summed E-state index contributed by atoms with van der Waals surface area (Å²) in [4.78, 5) is 8.68. The van der Waals surface area contributed by atoms with Gasteiger partial charge in [0.05, 0.1) is 6.54 Å². The van der Waals surface area contributed by atoms with E-state index in [0.29, 0.717) is 6.54 Å². The molecule has 0 atom stereocenters. The summed E-state index contributed by atoms with van der Waals surface area (Å²) in [6.45, 7) is 6.57. The fraction of sp³-hybridized carbons (Fsp3) is 0.385. The van der Waals surface area contributed by atoms with Crippen LogP contribution in [0.5, 0.6) is 0 Å². The number of hydrogen-bond donors (Lipinski definition) is 1. The highest BCUT2D eigenvalue weighted by atomic mass is 16.3. The maximum Gasteiger partial charge on any atom is 0.130 e. The Kier molecular flexibility index (Phi) is 3.42. The third-order valence-corrected chi connectivity index (χ3v) is 2.49. The summed E-state index contributed by atoms with van der Waals surface area (Å²) in [5.74, 6) is 3.48. The third-order valence-electron chi connectivity index (χ3n) is 2.49. The van der Waals surface area contributed by atoms with E-state index in [1.54, 1.807) is 0 Å². The van der Waals surface area contributed by atoms with E-state index in [2.05, 4.69) is 22.2 Å². The van der Waals surface area contributed by atoms with E-state index in [9.17, 15) is 0 Å². The number of rotatable bonds is 4. The van der Waals surface area contributed by atoms with Crippen LogP contribution in [0.15, 0.2) is 22.6 Å². The predicted octanol–water partition coefficient (Wildman–Crippen LogP) is 2.86. The van der Waals surface area contributed by atoms with Crippen molar-refractivity contribution in [3.8, 4) is 0 Å². The number of aromatic nitrogens is 2. The Bertz CT molecular complexity index is 505. The van der Waals surface area contributed by atoms with E-state index in [1.165, 1.54) is 0 Å². The summed E-state index contributed by atoms with van der Waals surface area (Å²) in [6.07, 6.45) is 0.915. The van der Waals surface area contributed by atoms with Crippen LogP contribution in [-0.4, -0.2) is 9.97 Å². The second-order valence-corrected chi connectivity index (χ2v) is 4.01. The smallest absolute Gasteiger partial charge is 0.130 e. The van der Waals surface area contributed by atoms with Crippen molar-refractivity contribution in [3.63, 3.8) is 0 Å². The average molecular weight is 231 g/mol. The van der Waals surface area contributed by atoms with Crippen molar-refractivity contribution in [1.29, 1.82) is 0 Å². The van der Waals surface area contributed by atoms with Gasteiger partial charge in [0, 0.05) is 11.8 Å². The molecule has 0 bridgehead atoms. The van der Waals surface area contributed by atoms with E-state index >= 15 is 0 Å². The molecule has 0 fully saturated rings. The standard InChI is InChI=1S/C13H17N3O/c1-4-11-7-13(16-10(3)15-11)14-8-12-6-5-9(2)17-12/h5-7H,4,8H2,1-3H3,(H,14,15,16). The highest BCUT2D eigenvalue weighted by Gasteiger charge is 2.02. The summed E-state index contributed by atoms with van der Waals surface area (Å²) in [5, 5.41) is 3.24. The lowest BCUT2D eigenvalue weighted by molar-refractivity contribution is 0.490. The summed E-state index contributed by atoms with van der Waals surface area (Å²) in [5.41, 5.74) is 1.05. The maximum absolute atomic E-state index is 5.49. The predicted molar refractivity (Wildman–Crippen MR) is 66.9 cm³/mol. The van der Waals surface area contributed by atoms with Crippen LogP contribution in [0.3, 0.4) is 0 Å². The van der Waals surface area contributed by atoms with Crippen molar-refractivity contribution in [2.75, 3.05) is 5.32 Å². The van der Waals surface area contributed by atoms with Gasteiger partial charge in [0.25, 0.3) is 0 Å². The minimum atomic E-state index is 0.646. The zero-order chi connectivity index (χ0) is 12.3. The van der Waals surface area contributed by atoms with E-state index in [-0.39, 0.29) is 0 Å². The van der Waals surface area contributed by atoms with E-state index < -0.39 is 0 Å². The Morgan fingerprint density at radius 3 is 2.71 bits per heavy atom. The summed E-state index contributed by atoms with van der Waals surface area (Å²) < 4.78 is 5.49. The molecule has 0 aromatic carbocycles. The van der Waals surface area contributed by atoms with Crippen LogP contribution >= 0.6 is 0 Å². The molecule has 0 saturated carbocycles. The molecule has 2 heterocycles. The number of aryl methyl sites for hydroxylation is 3. The zero-order valence-electron chi connectivity index (χ0n) is 10.4. The van der Waals surface area contributed by atoms with Crippen LogP contribution in [0.2, 0.25) is 0 Å². The minimum Gasteiger partial charge on any atom is -0.465 e. The molecular formula is C13H17N3O. The van der Waals surface area contributed by atoms with Gasteiger partial charge in [-0.15, -0.1) is 0 Å². The number of nitrogens with zero attached hydrogens (tertiary/aromatic N) is 2. The molecule has 0 aliphatic heterocycles. The van der Waals surface area contributed by atoms with Gasteiger partial charge in [-0.2, -0.15) is 0 Å². The molecular weight excluding hydrogens is 214 g/mol. The monoisotopic (exact) mass is 231 g/mol. The highest BCUT2D eigenvalue weighted by molar-refractivity contribution is 5.36. The lowest BCUT2D eigenvalue weighted by Gasteiger charge is -2.06. The Morgan fingerprint density at radius 1 is 1.24 bits per heavy atom. The second kappa shape index (κ2) is 4.99. The number of anilines is 1. The first-order chi connectivity index (χ1) is 8.17. The van der Waals surface area contributed by atoms with E-state index in [0.717, 1.165) is 35.3 Å². The van der Waals surface area contributed by atoms with Crippen molar-refractivity contribution in [1.82, 2.24) is 9.97 Å². The fourth-order valence-electron chi connectivity index (χ4n) is 1.66. The van der Waals surface area contributed by atoms with Crippen molar-refractivity contribution in [2.45, 2.75) is 33.7 Å². The molecule has 0 aliphatic rings. The summed E-state index contributed by atoms with van der Waals surface area (Å²) in [7, 11) is 0. The van der Waals surface area contributed by atoms with Crippen LogP contribution in [0.25, 0.3) is 0 Å². The molecule has 2 aromatic heterocycles. The van der Waals surface area contributed by atoms with Gasteiger partial charge in [-0.25, -0.2) is 9.97 Å². The minimum absolute atomic E-state index is 0.646. The topological polar surface area (TPSA) is 51.0 Å². The van der Waals surface area contributed by atoms with Gasteiger partial charge in [-0.05, 0) is 32.4 Å². The third kappa shape index (κ3) is 3.06. The van der Waals surface area contributed by atoms with Crippen molar-refractivity contribution < 1.29 is 4.42 Å². The van der Waals surface area contributed by atoms with Gasteiger partial charge in [0.1, 0.15) is 23.2 Å². The molecule has 0 amide bonds. The first-order valence-electron chi connectivity index (χ1n) is 5.81. The Morgan fingerprint density at radius 2 is 2.06 bits per heavy atom. The Hall–Kier alpha value is -1.84. The van der Waals surface area contributed by atoms with Crippen molar-refractivity contribution >= 4 is 5.82 Å². The second-order valence-electron chi connectivity index (χ2n) is 4.01. The lowest BCUT2D eigenvalue weighted by atomic mass is 10.3. The molecule has 90 valence electrons. The van der Waals surface area contributed by atoms with Gasteiger partial charge in [0.2, 0.25) is 0 Å². The van der Waals surface area contributed by atoms with Gasteiger partial charge in [0.15, 0.2) is 0 Å². The molecule has 0 saturated heterocycles. The number of furan rings is 1. The van der Waals surface area contributed by atoms with Crippen molar-refractivity contribution in [3.05, 3.63) is 41.2 Å². The van der Waals surface area contributed by atoms with E-state index in [4.69, 9.17) is 4.42 Å². The number of hydrogen-bond acceptors (Lipinski definition) is 4. The SMILES string of the molecule is CCc1cc(NCc2ccc(C)o2)nc(C)n1. The molecule has 2 rings (SSSR count). The van der Waals surface area contributed by atoms with Crippen molar-refractivity contribution in [2.24, 2.45) is 0 Å². The maximum atomic E-state index is 5.49. The van der Waals surface area contributed by atoms with Gasteiger partial charge >= 0.3 is 0 Å². The number of nitrogens with one attached hydrogen (secondary N) is 1. The van der Waals surface area contributed by atoms with Gasteiger partial charge in [-0.3, -0.25) is 0 Å². The fourth-order valence-corrected chi connectivity index (χ4v) is 1.66. The molecule has 4 nitrogen and oxygen atoms in total.